The van der Waals surface area contributed by atoms with Crippen molar-refractivity contribution in [2.75, 3.05) is 7.05 Å². The highest BCUT2D eigenvalue weighted by atomic mass is 35.5. The van der Waals surface area contributed by atoms with E-state index in [0.717, 1.165) is 22.7 Å². The first kappa shape index (κ1) is 14.3. The lowest BCUT2D eigenvalue weighted by Gasteiger charge is -2.14. The van der Waals surface area contributed by atoms with Crippen molar-refractivity contribution in [3.05, 3.63) is 57.6 Å². The van der Waals surface area contributed by atoms with Crippen LogP contribution < -0.4 is 0 Å². The molecule has 0 amide bonds. The third kappa shape index (κ3) is 3.50. The number of hydrogen-bond acceptors (Lipinski definition) is 5. The Morgan fingerprint density at radius 1 is 1.24 bits per heavy atom. The largest absolute Gasteiger partial charge is 0.338 e. The second-order valence-electron chi connectivity index (χ2n) is 4.79. The van der Waals surface area contributed by atoms with Crippen LogP contribution in [-0.4, -0.2) is 22.1 Å². The lowest BCUT2D eigenvalue weighted by atomic mass is 10.2. The van der Waals surface area contributed by atoms with Gasteiger partial charge in [-0.05, 0) is 30.1 Å². The van der Waals surface area contributed by atoms with Crippen molar-refractivity contribution >= 4 is 22.9 Å². The summed E-state index contributed by atoms with van der Waals surface area (Å²) in [7, 11) is 2.00. The molecule has 108 valence electrons. The van der Waals surface area contributed by atoms with Crippen LogP contribution in [0.5, 0.6) is 0 Å². The molecule has 6 heteroatoms. The minimum atomic E-state index is 0.586. The maximum Gasteiger partial charge on any atom is 0.241 e. The smallest absolute Gasteiger partial charge is 0.241 e. The number of nitrogens with zero attached hydrogens (tertiary/aromatic N) is 3. The zero-order chi connectivity index (χ0) is 14.7. The predicted octanol–water partition coefficient (Wildman–Crippen LogP) is 4.08. The van der Waals surface area contributed by atoms with Crippen LogP contribution in [0.15, 0.2) is 45.6 Å². The zero-order valence-corrected chi connectivity index (χ0v) is 13.1. The van der Waals surface area contributed by atoms with Gasteiger partial charge in [0.15, 0.2) is 0 Å². The molecule has 4 nitrogen and oxygen atoms in total. The van der Waals surface area contributed by atoms with E-state index >= 15 is 0 Å². The Morgan fingerprint density at radius 2 is 2.10 bits per heavy atom. The summed E-state index contributed by atoms with van der Waals surface area (Å²) in [5.41, 5.74) is 2.07. The summed E-state index contributed by atoms with van der Waals surface area (Å²) in [6, 6.07) is 9.80. The normalized spacial score (nSPS) is 11.2. The molecule has 0 aliphatic rings. The van der Waals surface area contributed by atoms with Gasteiger partial charge >= 0.3 is 0 Å². The fourth-order valence-corrected chi connectivity index (χ4v) is 2.86. The van der Waals surface area contributed by atoms with Crippen molar-refractivity contribution in [3.63, 3.8) is 0 Å². The zero-order valence-electron chi connectivity index (χ0n) is 11.5. The molecule has 2 aromatic heterocycles. The van der Waals surface area contributed by atoms with Crippen LogP contribution in [0.4, 0.5) is 0 Å². The van der Waals surface area contributed by atoms with E-state index < -0.39 is 0 Å². The minimum Gasteiger partial charge on any atom is -0.338 e. The molecule has 3 aromatic rings. The lowest BCUT2D eigenvalue weighted by molar-refractivity contribution is 0.261. The fraction of sp³-hybridized carbons (Fsp3) is 0.200. The summed E-state index contributed by atoms with van der Waals surface area (Å²) in [5.74, 6) is 1.24. The van der Waals surface area contributed by atoms with Crippen molar-refractivity contribution < 1.29 is 4.52 Å². The molecule has 0 aliphatic heterocycles. The third-order valence-corrected chi connectivity index (χ3v) is 4.10. The Morgan fingerprint density at radius 3 is 2.86 bits per heavy atom. The van der Waals surface area contributed by atoms with Gasteiger partial charge in [0.05, 0.1) is 6.54 Å². The van der Waals surface area contributed by atoms with E-state index in [1.54, 1.807) is 11.3 Å². The summed E-state index contributed by atoms with van der Waals surface area (Å²) < 4.78 is 5.30. The van der Waals surface area contributed by atoms with E-state index in [2.05, 4.69) is 15.0 Å². The molecule has 0 saturated heterocycles. The quantitative estimate of drug-likeness (QED) is 0.710. The van der Waals surface area contributed by atoms with Gasteiger partial charge in [0.1, 0.15) is 0 Å². The van der Waals surface area contributed by atoms with Crippen LogP contribution in [0, 0.1) is 0 Å². The second kappa shape index (κ2) is 6.39. The topological polar surface area (TPSA) is 42.2 Å². The highest BCUT2D eigenvalue weighted by Gasteiger charge is 2.12. The van der Waals surface area contributed by atoms with Gasteiger partial charge in [0.25, 0.3) is 0 Å². The Kier molecular flexibility index (Phi) is 4.34. The highest BCUT2D eigenvalue weighted by molar-refractivity contribution is 7.08. The number of halogens is 1. The molecular formula is C15H14ClN3OS. The summed E-state index contributed by atoms with van der Waals surface area (Å²) in [4.78, 5) is 6.50. The standard InChI is InChI=1S/C15H14ClN3OS/c1-19(8-11-4-2-3-5-13(11)16)9-14-17-15(18-20-14)12-6-7-21-10-12/h2-7,10H,8-9H2,1H3. The Bertz CT molecular complexity index is 711. The van der Waals surface area contributed by atoms with E-state index in [4.69, 9.17) is 16.1 Å². The summed E-state index contributed by atoms with van der Waals surface area (Å²) in [6.45, 7) is 1.32. The van der Waals surface area contributed by atoms with Gasteiger partial charge in [0.2, 0.25) is 11.7 Å². The molecular weight excluding hydrogens is 306 g/mol. The van der Waals surface area contributed by atoms with Crippen molar-refractivity contribution in [2.24, 2.45) is 0 Å². The number of hydrogen-bond donors (Lipinski definition) is 0. The van der Waals surface area contributed by atoms with Crippen LogP contribution in [0.1, 0.15) is 11.5 Å². The van der Waals surface area contributed by atoms with Crippen LogP contribution in [0.3, 0.4) is 0 Å². The molecule has 0 N–H and O–H groups in total. The van der Waals surface area contributed by atoms with E-state index in [-0.39, 0.29) is 0 Å². The Balaban J connectivity index is 1.65. The molecule has 0 bridgehead atoms. The number of rotatable bonds is 5. The van der Waals surface area contributed by atoms with Gasteiger partial charge in [-0.2, -0.15) is 16.3 Å². The van der Waals surface area contributed by atoms with E-state index in [9.17, 15) is 0 Å². The molecule has 0 saturated carbocycles. The maximum atomic E-state index is 6.17. The minimum absolute atomic E-state index is 0.586. The van der Waals surface area contributed by atoms with Crippen LogP contribution >= 0.6 is 22.9 Å². The third-order valence-electron chi connectivity index (χ3n) is 3.05. The molecule has 2 heterocycles. The maximum absolute atomic E-state index is 6.17. The Labute approximate surface area is 132 Å². The predicted molar refractivity (Wildman–Crippen MR) is 84.2 cm³/mol. The molecule has 3 rings (SSSR count). The fourth-order valence-electron chi connectivity index (χ4n) is 2.03. The van der Waals surface area contributed by atoms with Crippen molar-refractivity contribution in [3.8, 4) is 11.4 Å². The molecule has 0 unspecified atom stereocenters. The highest BCUT2D eigenvalue weighted by Crippen LogP contribution is 2.20. The van der Waals surface area contributed by atoms with Gasteiger partial charge in [-0.25, -0.2) is 0 Å². The van der Waals surface area contributed by atoms with E-state index in [1.807, 2.05) is 48.1 Å². The average Bonchev–Trinajstić information content (AvgIpc) is 3.12. The van der Waals surface area contributed by atoms with Gasteiger partial charge in [-0.15, -0.1) is 0 Å². The number of aromatic nitrogens is 2. The SMILES string of the molecule is CN(Cc1nc(-c2ccsc2)no1)Cc1ccccc1Cl. The van der Waals surface area contributed by atoms with Crippen LogP contribution in [0.25, 0.3) is 11.4 Å². The lowest BCUT2D eigenvalue weighted by Crippen LogP contribution is -2.17. The number of thiophene rings is 1. The monoisotopic (exact) mass is 319 g/mol. The molecule has 0 fully saturated rings. The first-order valence-corrected chi connectivity index (χ1v) is 7.81. The van der Waals surface area contributed by atoms with E-state index in [0.29, 0.717) is 18.3 Å². The first-order valence-electron chi connectivity index (χ1n) is 6.49. The van der Waals surface area contributed by atoms with E-state index in [1.165, 1.54) is 0 Å². The van der Waals surface area contributed by atoms with Crippen molar-refractivity contribution in [1.82, 2.24) is 15.0 Å². The summed E-state index contributed by atoms with van der Waals surface area (Å²) in [5, 5.41) is 8.77. The first-order chi connectivity index (χ1) is 10.2. The van der Waals surface area contributed by atoms with Gasteiger partial charge in [-0.3, -0.25) is 4.90 Å². The average molecular weight is 320 g/mol. The molecule has 0 aliphatic carbocycles. The molecule has 0 spiro atoms. The second-order valence-corrected chi connectivity index (χ2v) is 5.97. The molecule has 0 atom stereocenters. The molecule has 1 aromatic carbocycles. The molecule has 0 radical (unpaired) electrons. The van der Waals surface area contributed by atoms with Crippen LogP contribution in [0.2, 0.25) is 5.02 Å². The Hall–Kier alpha value is -1.69. The van der Waals surface area contributed by atoms with Crippen molar-refractivity contribution in [2.45, 2.75) is 13.1 Å². The van der Waals surface area contributed by atoms with Crippen molar-refractivity contribution in [1.29, 1.82) is 0 Å². The van der Waals surface area contributed by atoms with Gasteiger partial charge < -0.3 is 4.52 Å². The molecule has 21 heavy (non-hydrogen) atoms. The summed E-state index contributed by atoms with van der Waals surface area (Å²) in [6.07, 6.45) is 0. The number of benzene rings is 1. The van der Waals surface area contributed by atoms with Gasteiger partial charge in [0, 0.05) is 22.5 Å². The summed E-state index contributed by atoms with van der Waals surface area (Å²) >= 11 is 7.78. The van der Waals surface area contributed by atoms with Crippen LogP contribution in [-0.2, 0) is 13.1 Å². The van der Waals surface area contributed by atoms with Gasteiger partial charge in [-0.1, -0.05) is 35.0 Å².